The fourth-order valence-electron chi connectivity index (χ4n) is 2.93. The van der Waals surface area contributed by atoms with E-state index in [4.69, 9.17) is 16.3 Å². The molecule has 2 amide bonds. The third-order valence-electron chi connectivity index (χ3n) is 4.33. The molecule has 1 fully saturated rings. The van der Waals surface area contributed by atoms with E-state index in [-0.39, 0.29) is 29.0 Å². The van der Waals surface area contributed by atoms with Gasteiger partial charge in [-0.3, -0.25) is 9.59 Å². The average Bonchev–Trinajstić information content (AvgIpc) is 3.16. The molecule has 2 aromatic rings. The van der Waals surface area contributed by atoms with Crippen molar-refractivity contribution in [3.05, 3.63) is 64.4 Å². The summed E-state index contributed by atoms with van der Waals surface area (Å²) in [5.74, 6) is -1.25. The quantitative estimate of drug-likeness (QED) is 0.792. The van der Waals surface area contributed by atoms with Crippen LogP contribution >= 0.6 is 11.6 Å². The zero-order valence-corrected chi connectivity index (χ0v) is 15.4. The number of halogens is 2. The van der Waals surface area contributed by atoms with E-state index in [9.17, 15) is 14.0 Å². The fraction of sp³-hybridized carbons (Fsp3) is 0.300. The van der Waals surface area contributed by atoms with Crippen LogP contribution in [0.2, 0.25) is 5.02 Å². The van der Waals surface area contributed by atoms with Gasteiger partial charge in [-0.25, -0.2) is 4.39 Å². The Balaban J connectivity index is 1.64. The number of anilines is 1. The summed E-state index contributed by atoms with van der Waals surface area (Å²) in [5, 5.41) is 5.78. The van der Waals surface area contributed by atoms with Crippen molar-refractivity contribution < 1.29 is 18.7 Å². The average molecular weight is 391 g/mol. The van der Waals surface area contributed by atoms with Gasteiger partial charge in [0, 0.05) is 18.2 Å². The Hall–Kier alpha value is -2.44. The first kappa shape index (κ1) is 19.3. The molecule has 142 valence electrons. The summed E-state index contributed by atoms with van der Waals surface area (Å²) in [6.45, 7) is 1.14. The Morgan fingerprint density at radius 1 is 1.22 bits per heavy atom. The monoisotopic (exact) mass is 390 g/mol. The SMILES string of the molecule is O=C(Cc1ccc(Cl)cc1F)Nc1ccccc1C(=O)NCC1CCCO1. The van der Waals surface area contributed by atoms with Crippen LogP contribution in [0.25, 0.3) is 0 Å². The summed E-state index contributed by atoms with van der Waals surface area (Å²) in [7, 11) is 0. The zero-order valence-electron chi connectivity index (χ0n) is 14.6. The van der Waals surface area contributed by atoms with E-state index in [1.54, 1.807) is 24.3 Å². The number of hydrogen-bond donors (Lipinski definition) is 2. The molecule has 1 unspecified atom stereocenters. The van der Waals surface area contributed by atoms with Crippen molar-refractivity contribution in [3.8, 4) is 0 Å². The molecule has 7 heteroatoms. The summed E-state index contributed by atoms with van der Waals surface area (Å²) >= 11 is 5.72. The van der Waals surface area contributed by atoms with Crippen LogP contribution in [0.3, 0.4) is 0 Å². The van der Waals surface area contributed by atoms with Crippen LogP contribution in [0, 0.1) is 5.82 Å². The van der Waals surface area contributed by atoms with Crippen LogP contribution < -0.4 is 10.6 Å². The van der Waals surface area contributed by atoms with Crippen molar-refractivity contribution >= 4 is 29.1 Å². The minimum Gasteiger partial charge on any atom is -0.376 e. The van der Waals surface area contributed by atoms with Gasteiger partial charge in [0.15, 0.2) is 0 Å². The maximum absolute atomic E-state index is 13.9. The number of rotatable bonds is 6. The number of benzene rings is 2. The van der Waals surface area contributed by atoms with E-state index in [1.165, 1.54) is 12.1 Å². The molecule has 2 N–H and O–H groups in total. The largest absolute Gasteiger partial charge is 0.376 e. The number of nitrogens with one attached hydrogen (secondary N) is 2. The molecule has 0 saturated carbocycles. The Kier molecular flexibility index (Phi) is 6.42. The van der Waals surface area contributed by atoms with Crippen LogP contribution in [0.5, 0.6) is 0 Å². The Morgan fingerprint density at radius 3 is 2.78 bits per heavy atom. The first-order chi connectivity index (χ1) is 13.0. The van der Waals surface area contributed by atoms with Gasteiger partial charge in [0.05, 0.1) is 23.8 Å². The van der Waals surface area contributed by atoms with Gasteiger partial charge < -0.3 is 15.4 Å². The lowest BCUT2D eigenvalue weighted by Gasteiger charge is -2.14. The van der Waals surface area contributed by atoms with Crippen LogP contribution in [0.15, 0.2) is 42.5 Å². The summed E-state index contributed by atoms with van der Waals surface area (Å²) in [4.78, 5) is 24.8. The van der Waals surface area contributed by atoms with E-state index in [0.29, 0.717) is 24.4 Å². The van der Waals surface area contributed by atoms with E-state index in [0.717, 1.165) is 18.9 Å². The standard InChI is InChI=1S/C20H20ClFN2O3/c21-14-8-7-13(17(22)11-14)10-19(25)24-18-6-2-1-5-16(18)20(26)23-12-15-4-3-9-27-15/h1-2,5-8,11,15H,3-4,9-10,12H2,(H,23,26)(H,24,25). The van der Waals surface area contributed by atoms with Crippen LogP contribution in [-0.2, 0) is 16.0 Å². The Bertz CT molecular complexity index is 838. The number of ether oxygens (including phenoxy) is 1. The molecule has 1 saturated heterocycles. The van der Waals surface area contributed by atoms with Gasteiger partial charge >= 0.3 is 0 Å². The smallest absolute Gasteiger partial charge is 0.253 e. The molecule has 0 aromatic heterocycles. The van der Waals surface area contributed by atoms with Gasteiger partial charge in [0.2, 0.25) is 5.91 Å². The Morgan fingerprint density at radius 2 is 2.04 bits per heavy atom. The molecule has 27 heavy (non-hydrogen) atoms. The highest BCUT2D eigenvalue weighted by molar-refractivity contribution is 6.30. The molecule has 3 rings (SSSR count). The molecule has 0 bridgehead atoms. The molecule has 5 nitrogen and oxygen atoms in total. The second-order valence-corrected chi connectivity index (χ2v) is 6.79. The number of hydrogen-bond acceptors (Lipinski definition) is 3. The van der Waals surface area contributed by atoms with E-state index < -0.39 is 11.7 Å². The normalized spacial score (nSPS) is 16.1. The summed E-state index contributed by atoms with van der Waals surface area (Å²) in [6.07, 6.45) is 1.79. The summed E-state index contributed by atoms with van der Waals surface area (Å²) in [6, 6.07) is 10.9. The van der Waals surface area contributed by atoms with Gasteiger partial charge in [0.25, 0.3) is 5.91 Å². The highest BCUT2D eigenvalue weighted by atomic mass is 35.5. The van der Waals surface area contributed by atoms with Gasteiger partial charge in [-0.2, -0.15) is 0 Å². The third kappa shape index (κ3) is 5.28. The highest BCUT2D eigenvalue weighted by Crippen LogP contribution is 2.18. The molecule has 1 heterocycles. The van der Waals surface area contributed by atoms with Gasteiger partial charge in [-0.1, -0.05) is 29.8 Å². The first-order valence-corrected chi connectivity index (χ1v) is 9.13. The highest BCUT2D eigenvalue weighted by Gasteiger charge is 2.18. The molecule has 0 aliphatic carbocycles. The lowest BCUT2D eigenvalue weighted by molar-refractivity contribution is -0.115. The fourth-order valence-corrected chi connectivity index (χ4v) is 3.09. The number of carbonyl (C=O) groups excluding carboxylic acids is 2. The van der Waals surface area contributed by atoms with Crippen molar-refractivity contribution in [1.29, 1.82) is 0 Å². The predicted octanol–water partition coefficient (Wildman–Crippen LogP) is 3.57. The predicted molar refractivity (Wildman–Crippen MR) is 101 cm³/mol. The molecular weight excluding hydrogens is 371 g/mol. The molecule has 2 aromatic carbocycles. The summed E-state index contributed by atoms with van der Waals surface area (Å²) in [5.41, 5.74) is 0.958. The van der Waals surface area contributed by atoms with Crippen LogP contribution in [0.4, 0.5) is 10.1 Å². The van der Waals surface area contributed by atoms with Crippen molar-refractivity contribution in [2.24, 2.45) is 0 Å². The van der Waals surface area contributed by atoms with Crippen molar-refractivity contribution in [2.45, 2.75) is 25.4 Å². The van der Waals surface area contributed by atoms with Crippen molar-refractivity contribution in [3.63, 3.8) is 0 Å². The van der Waals surface area contributed by atoms with Gasteiger partial charge in [-0.05, 0) is 42.7 Å². The zero-order chi connectivity index (χ0) is 19.2. The molecule has 0 spiro atoms. The lowest BCUT2D eigenvalue weighted by atomic mass is 10.1. The van der Waals surface area contributed by atoms with Crippen molar-refractivity contribution in [1.82, 2.24) is 5.32 Å². The maximum atomic E-state index is 13.9. The molecule has 1 aliphatic heterocycles. The van der Waals surface area contributed by atoms with E-state index in [1.807, 2.05) is 0 Å². The van der Waals surface area contributed by atoms with Gasteiger partial charge in [-0.15, -0.1) is 0 Å². The number of amides is 2. The molecule has 0 radical (unpaired) electrons. The second-order valence-electron chi connectivity index (χ2n) is 6.35. The van der Waals surface area contributed by atoms with Gasteiger partial charge in [0.1, 0.15) is 5.82 Å². The van der Waals surface area contributed by atoms with Crippen LogP contribution in [0.1, 0.15) is 28.8 Å². The lowest BCUT2D eigenvalue weighted by Crippen LogP contribution is -2.32. The minimum atomic E-state index is -0.541. The molecular formula is C20H20ClFN2O3. The van der Waals surface area contributed by atoms with Crippen LogP contribution in [-0.4, -0.2) is 31.1 Å². The molecule has 1 aliphatic rings. The third-order valence-corrected chi connectivity index (χ3v) is 4.56. The first-order valence-electron chi connectivity index (χ1n) is 8.75. The minimum absolute atomic E-state index is 0.0311. The Labute approximate surface area is 161 Å². The topological polar surface area (TPSA) is 67.4 Å². The maximum Gasteiger partial charge on any atom is 0.253 e. The van der Waals surface area contributed by atoms with Crippen molar-refractivity contribution in [2.75, 3.05) is 18.5 Å². The molecule has 1 atom stereocenters. The number of carbonyl (C=O) groups is 2. The summed E-state index contributed by atoms with van der Waals surface area (Å²) < 4.78 is 19.4. The van der Waals surface area contributed by atoms with E-state index in [2.05, 4.69) is 10.6 Å². The van der Waals surface area contributed by atoms with E-state index >= 15 is 0 Å². The second kappa shape index (κ2) is 8.97. The number of para-hydroxylation sites is 1.